The maximum Gasteiger partial charge on any atom is 0.372 e. The van der Waals surface area contributed by atoms with Crippen molar-refractivity contribution < 1.29 is 14.3 Å². The van der Waals surface area contributed by atoms with Gasteiger partial charge in [0.2, 0.25) is 5.76 Å². The van der Waals surface area contributed by atoms with Crippen LogP contribution in [0, 0.1) is 0 Å². The number of hydrogen-bond donors (Lipinski definition) is 1. The topological polar surface area (TPSA) is 66.6 Å². The highest BCUT2D eigenvalue weighted by atomic mass is 16.4. The van der Waals surface area contributed by atoms with Gasteiger partial charge in [0.1, 0.15) is 0 Å². The molecule has 2 aromatic heterocycles. The Labute approximate surface area is 111 Å². The molecule has 2 aromatic rings. The van der Waals surface area contributed by atoms with Gasteiger partial charge in [0.15, 0.2) is 0 Å². The van der Waals surface area contributed by atoms with E-state index in [-0.39, 0.29) is 5.76 Å². The van der Waals surface area contributed by atoms with Gasteiger partial charge in [-0.3, -0.25) is 9.88 Å². The monoisotopic (exact) mass is 260 g/mol. The van der Waals surface area contributed by atoms with Crippen LogP contribution in [0.15, 0.2) is 41.3 Å². The van der Waals surface area contributed by atoms with E-state index in [1.54, 1.807) is 18.5 Å². The van der Waals surface area contributed by atoms with Crippen LogP contribution >= 0.6 is 0 Å². The molecule has 0 amide bonds. The molecule has 0 aromatic carbocycles. The molecule has 0 fully saturated rings. The zero-order valence-corrected chi connectivity index (χ0v) is 10.7. The molecule has 0 aliphatic carbocycles. The second-order valence-corrected chi connectivity index (χ2v) is 4.24. The minimum Gasteiger partial charge on any atom is -0.475 e. The zero-order valence-electron chi connectivity index (χ0n) is 10.7. The van der Waals surface area contributed by atoms with E-state index in [1.807, 2.05) is 19.1 Å². The van der Waals surface area contributed by atoms with E-state index in [0.717, 1.165) is 18.7 Å². The molecule has 0 bridgehead atoms. The van der Waals surface area contributed by atoms with Crippen molar-refractivity contribution in [2.24, 2.45) is 0 Å². The highest BCUT2D eigenvalue weighted by molar-refractivity contribution is 5.86. The van der Waals surface area contributed by atoms with E-state index in [0.29, 0.717) is 12.1 Å². The fraction of sp³-hybridized carbons (Fsp3) is 0.286. The smallest absolute Gasteiger partial charge is 0.372 e. The number of aromatic nitrogens is 1. The first-order valence-corrected chi connectivity index (χ1v) is 6.11. The Bertz CT molecular complexity index is 537. The molecular formula is C14H16N2O3. The van der Waals surface area contributed by atoms with Crippen LogP contribution in [0.25, 0.3) is 0 Å². The van der Waals surface area contributed by atoms with E-state index in [4.69, 9.17) is 9.52 Å². The van der Waals surface area contributed by atoms with Crippen molar-refractivity contribution in [1.29, 1.82) is 0 Å². The molecule has 5 heteroatoms. The van der Waals surface area contributed by atoms with Gasteiger partial charge >= 0.3 is 5.97 Å². The maximum atomic E-state index is 11.0. The summed E-state index contributed by atoms with van der Waals surface area (Å²) in [5.41, 5.74) is 1.85. The van der Waals surface area contributed by atoms with E-state index >= 15 is 0 Å². The van der Waals surface area contributed by atoms with Crippen LogP contribution in [-0.2, 0) is 13.1 Å². The lowest BCUT2D eigenvalue weighted by Gasteiger charge is -2.19. The summed E-state index contributed by atoms with van der Waals surface area (Å²) in [7, 11) is 0. The Morgan fingerprint density at radius 1 is 1.32 bits per heavy atom. The van der Waals surface area contributed by atoms with Crippen molar-refractivity contribution >= 4 is 5.97 Å². The standard InChI is InChI=1S/C14H16N2O3/c1-2-16(9-11-3-6-15-7-4-11)10-12-5-8-19-13(12)14(17)18/h3-8H,2,9-10H2,1H3,(H,17,18). The molecule has 100 valence electrons. The van der Waals surface area contributed by atoms with E-state index < -0.39 is 5.97 Å². The molecule has 19 heavy (non-hydrogen) atoms. The number of pyridine rings is 1. The first-order chi connectivity index (χ1) is 9.20. The number of carboxylic acid groups (broad SMARTS) is 1. The van der Waals surface area contributed by atoms with Crippen molar-refractivity contribution in [3.63, 3.8) is 0 Å². The quantitative estimate of drug-likeness (QED) is 0.863. The predicted molar refractivity (Wildman–Crippen MR) is 69.7 cm³/mol. The zero-order chi connectivity index (χ0) is 13.7. The molecular weight excluding hydrogens is 244 g/mol. The van der Waals surface area contributed by atoms with Crippen molar-refractivity contribution in [2.75, 3.05) is 6.54 Å². The van der Waals surface area contributed by atoms with Gasteiger partial charge in [-0.25, -0.2) is 4.79 Å². The second kappa shape index (κ2) is 6.15. The maximum absolute atomic E-state index is 11.0. The molecule has 5 nitrogen and oxygen atoms in total. The third-order valence-corrected chi connectivity index (χ3v) is 2.94. The fourth-order valence-corrected chi connectivity index (χ4v) is 1.91. The van der Waals surface area contributed by atoms with E-state index in [2.05, 4.69) is 9.88 Å². The Hall–Kier alpha value is -2.14. The molecule has 0 atom stereocenters. The van der Waals surface area contributed by atoms with Crippen LogP contribution in [0.5, 0.6) is 0 Å². The van der Waals surface area contributed by atoms with Crippen molar-refractivity contribution in [3.8, 4) is 0 Å². The largest absolute Gasteiger partial charge is 0.475 e. The van der Waals surface area contributed by atoms with Crippen molar-refractivity contribution in [2.45, 2.75) is 20.0 Å². The molecule has 0 aliphatic rings. The number of carbonyl (C=O) groups is 1. The van der Waals surface area contributed by atoms with Gasteiger partial charge in [0.25, 0.3) is 0 Å². The lowest BCUT2D eigenvalue weighted by molar-refractivity contribution is 0.0659. The Morgan fingerprint density at radius 2 is 2.05 bits per heavy atom. The number of nitrogens with zero attached hydrogens (tertiary/aromatic N) is 2. The Kier molecular flexibility index (Phi) is 4.30. The summed E-state index contributed by atoms with van der Waals surface area (Å²) in [4.78, 5) is 17.1. The molecule has 2 rings (SSSR count). The molecule has 0 saturated heterocycles. The van der Waals surface area contributed by atoms with E-state index in [9.17, 15) is 4.79 Å². The number of furan rings is 1. The van der Waals surface area contributed by atoms with Gasteiger partial charge in [-0.1, -0.05) is 6.92 Å². The number of rotatable bonds is 6. The van der Waals surface area contributed by atoms with Gasteiger partial charge in [0, 0.05) is 31.0 Å². The summed E-state index contributed by atoms with van der Waals surface area (Å²) in [6.07, 6.45) is 4.92. The molecule has 0 saturated carbocycles. The van der Waals surface area contributed by atoms with Crippen molar-refractivity contribution in [1.82, 2.24) is 9.88 Å². The number of hydrogen-bond acceptors (Lipinski definition) is 4. The predicted octanol–water partition coefficient (Wildman–Crippen LogP) is 2.39. The van der Waals surface area contributed by atoms with Crippen molar-refractivity contribution in [3.05, 3.63) is 53.7 Å². The van der Waals surface area contributed by atoms with Crippen LogP contribution in [0.4, 0.5) is 0 Å². The molecule has 0 radical (unpaired) electrons. The van der Waals surface area contributed by atoms with Crippen LogP contribution in [0.3, 0.4) is 0 Å². The molecule has 2 heterocycles. The first kappa shape index (κ1) is 13.3. The Morgan fingerprint density at radius 3 is 2.68 bits per heavy atom. The van der Waals surface area contributed by atoms with Crippen LogP contribution < -0.4 is 0 Å². The minimum absolute atomic E-state index is 0.0215. The third-order valence-electron chi connectivity index (χ3n) is 2.94. The molecule has 0 aliphatic heterocycles. The summed E-state index contributed by atoms with van der Waals surface area (Å²) in [5, 5.41) is 9.01. The van der Waals surface area contributed by atoms with Gasteiger partial charge < -0.3 is 9.52 Å². The van der Waals surface area contributed by atoms with Gasteiger partial charge in [-0.05, 0) is 30.3 Å². The minimum atomic E-state index is -1.03. The first-order valence-electron chi connectivity index (χ1n) is 6.11. The highest BCUT2D eigenvalue weighted by Gasteiger charge is 2.16. The number of aromatic carboxylic acids is 1. The fourth-order valence-electron chi connectivity index (χ4n) is 1.91. The third kappa shape index (κ3) is 3.42. The number of carboxylic acids is 1. The average molecular weight is 260 g/mol. The van der Waals surface area contributed by atoms with Gasteiger partial charge in [0.05, 0.1) is 6.26 Å². The van der Waals surface area contributed by atoms with Crippen LogP contribution in [0.2, 0.25) is 0 Å². The van der Waals surface area contributed by atoms with E-state index in [1.165, 1.54) is 6.26 Å². The van der Waals surface area contributed by atoms with Gasteiger partial charge in [-0.15, -0.1) is 0 Å². The lowest BCUT2D eigenvalue weighted by Crippen LogP contribution is -2.23. The second-order valence-electron chi connectivity index (χ2n) is 4.24. The Balaban J connectivity index is 2.07. The molecule has 1 N–H and O–H groups in total. The normalized spacial score (nSPS) is 10.8. The summed E-state index contributed by atoms with van der Waals surface area (Å²) < 4.78 is 4.99. The molecule has 0 spiro atoms. The summed E-state index contributed by atoms with van der Waals surface area (Å²) in [6.45, 7) is 4.18. The molecule has 0 unspecified atom stereocenters. The average Bonchev–Trinajstić information content (AvgIpc) is 2.87. The lowest BCUT2D eigenvalue weighted by atomic mass is 10.2. The SMILES string of the molecule is CCN(Cc1ccncc1)Cc1ccoc1C(=O)O. The van der Waals surface area contributed by atoms with Crippen LogP contribution in [0.1, 0.15) is 28.6 Å². The summed E-state index contributed by atoms with van der Waals surface area (Å²) >= 11 is 0. The highest BCUT2D eigenvalue weighted by Crippen LogP contribution is 2.15. The van der Waals surface area contributed by atoms with Gasteiger partial charge in [-0.2, -0.15) is 0 Å². The summed E-state index contributed by atoms with van der Waals surface area (Å²) in [6, 6.07) is 5.62. The van der Waals surface area contributed by atoms with Crippen LogP contribution in [-0.4, -0.2) is 27.5 Å². The summed E-state index contributed by atoms with van der Waals surface area (Å²) in [5.74, 6) is -1.01.